The molecule has 3 unspecified atom stereocenters. The molecule has 0 radical (unpaired) electrons. The average molecular weight is 457 g/mol. The predicted molar refractivity (Wildman–Crippen MR) is 123 cm³/mol. The number of allylic oxidation sites excluding steroid dienone is 2. The largest absolute Gasteiger partial charge is 0.466 e. The van der Waals surface area contributed by atoms with E-state index in [1.165, 1.54) is 19.2 Å². The van der Waals surface area contributed by atoms with Crippen LogP contribution in [0.15, 0.2) is 46.8 Å². The van der Waals surface area contributed by atoms with Crippen molar-refractivity contribution in [1.29, 1.82) is 0 Å². The minimum absolute atomic E-state index is 0.0595. The number of dihydropyridines is 1. The SMILES string of the molecule is COC(=O)C1=C(C)NC(C)=C(C(=O)OC2CC(C)CC(C)(C)C2)C1c1cccc([N+](=O)[O-])c1. The summed E-state index contributed by atoms with van der Waals surface area (Å²) in [6.07, 6.45) is 2.35. The van der Waals surface area contributed by atoms with Crippen molar-refractivity contribution in [2.45, 2.75) is 65.9 Å². The first-order chi connectivity index (χ1) is 15.4. The van der Waals surface area contributed by atoms with E-state index in [1.54, 1.807) is 26.0 Å². The fraction of sp³-hybridized carbons (Fsp3) is 0.520. The number of rotatable bonds is 5. The highest BCUT2D eigenvalue weighted by molar-refractivity contribution is 6.00. The summed E-state index contributed by atoms with van der Waals surface area (Å²) in [4.78, 5) is 37.2. The fourth-order valence-corrected chi connectivity index (χ4v) is 5.36. The van der Waals surface area contributed by atoms with Gasteiger partial charge in [-0.1, -0.05) is 32.9 Å². The van der Waals surface area contributed by atoms with E-state index in [-0.39, 0.29) is 28.4 Å². The summed E-state index contributed by atoms with van der Waals surface area (Å²) in [5.41, 5.74) is 1.95. The third kappa shape index (κ3) is 5.26. The Bertz CT molecular complexity index is 1040. The van der Waals surface area contributed by atoms with Crippen LogP contribution in [0.2, 0.25) is 0 Å². The molecule has 1 N–H and O–H groups in total. The first-order valence-electron chi connectivity index (χ1n) is 11.2. The molecule has 1 aromatic rings. The number of hydrogen-bond acceptors (Lipinski definition) is 7. The number of nitrogens with zero attached hydrogens (tertiary/aromatic N) is 1. The number of carbonyl (C=O) groups is 2. The van der Waals surface area contributed by atoms with Gasteiger partial charge in [-0.2, -0.15) is 0 Å². The van der Waals surface area contributed by atoms with E-state index in [2.05, 4.69) is 26.1 Å². The van der Waals surface area contributed by atoms with Crippen molar-refractivity contribution >= 4 is 17.6 Å². The third-order valence-corrected chi connectivity index (χ3v) is 6.42. The van der Waals surface area contributed by atoms with Crippen LogP contribution < -0.4 is 5.32 Å². The second-order valence-corrected chi connectivity index (χ2v) is 9.92. The van der Waals surface area contributed by atoms with Crippen molar-refractivity contribution in [3.63, 3.8) is 0 Å². The van der Waals surface area contributed by atoms with Gasteiger partial charge in [0.1, 0.15) is 6.10 Å². The molecule has 2 aliphatic rings. The highest BCUT2D eigenvalue weighted by Gasteiger charge is 2.40. The van der Waals surface area contributed by atoms with Gasteiger partial charge in [-0.25, -0.2) is 9.59 Å². The Morgan fingerprint density at radius 3 is 2.33 bits per heavy atom. The summed E-state index contributed by atoms with van der Waals surface area (Å²) < 4.78 is 11.0. The van der Waals surface area contributed by atoms with E-state index in [0.717, 1.165) is 19.3 Å². The maximum absolute atomic E-state index is 13.5. The Morgan fingerprint density at radius 1 is 1.12 bits per heavy atom. The summed E-state index contributed by atoms with van der Waals surface area (Å²) in [6, 6.07) is 5.98. The van der Waals surface area contributed by atoms with Crippen molar-refractivity contribution in [3.8, 4) is 0 Å². The summed E-state index contributed by atoms with van der Waals surface area (Å²) in [5.74, 6) is -1.56. The number of ether oxygens (including phenoxy) is 2. The molecule has 0 bridgehead atoms. The molecule has 8 heteroatoms. The Hall–Kier alpha value is -3.16. The lowest BCUT2D eigenvalue weighted by Gasteiger charge is -2.39. The van der Waals surface area contributed by atoms with Gasteiger partial charge in [0.05, 0.1) is 29.1 Å². The van der Waals surface area contributed by atoms with E-state index >= 15 is 0 Å². The number of methoxy groups -OCH3 is 1. The number of hydrogen-bond donors (Lipinski definition) is 1. The summed E-state index contributed by atoms with van der Waals surface area (Å²) in [6.45, 7) is 9.95. The van der Waals surface area contributed by atoms with Gasteiger partial charge >= 0.3 is 11.9 Å². The van der Waals surface area contributed by atoms with Crippen LogP contribution >= 0.6 is 0 Å². The number of esters is 2. The smallest absolute Gasteiger partial charge is 0.337 e. The quantitative estimate of drug-likeness (QED) is 0.387. The molecule has 0 saturated heterocycles. The van der Waals surface area contributed by atoms with Crippen LogP contribution in [0.3, 0.4) is 0 Å². The molecule has 1 heterocycles. The number of carbonyl (C=O) groups excluding carboxylic acids is 2. The highest BCUT2D eigenvalue weighted by atomic mass is 16.6. The number of nitro benzene ring substituents is 1. The van der Waals surface area contributed by atoms with Crippen LogP contribution in [0, 0.1) is 21.4 Å². The zero-order valence-electron chi connectivity index (χ0n) is 20.1. The summed E-state index contributed by atoms with van der Waals surface area (Å²) in [5, 5.41) is 14.5. The van der Waals surface area contributed by atoms with Gasteiger partial charge in [0.2, 0.25) is 0 Å². The topological polar surface area (TPSA) is 108 Å². The highest BCUT2D eigenvalue weighted by Crippen LogP contribution is 2.43. The monoisotopic (exact) mass is 456 g/mol. The molecule has 8 nitrogen and oxygen atoms in total. The van der Waals surface area contributed by atoms with Crippen molar-refractivity contribution in [2.24, 2.45) is 11.3 Å². The van der Waals surface area contributed by atoms with Crippen LogP contribution in [-0.4, -0.2) is 30.1 Å². The van der Waals surface area contributed by atoms with Crippen LogP contribution in [-0.2, 0) is 19.1 Å². The van der Waals surface area contributed by atoms with E-state index in [9.17, 15) is 19.7 Å². The van der Waals surface area contributed by atoms with Gasteiger partial charge in [0.15, 0.2) is 0 Å². The number of non-ortho nitro benzene ring substituents is 1. The molecule has 178 valence electrons. The lowest BCUT2D eigenvalue weighted by molar-refractivity contribution is -0.384. The van der Waals surface area contributed by atoms with Gasteiger partial charge in [-0.3, -0.25) is 10.1 Å². The second kappa shape index (κ2) is 9.37. The van der Waals surface area contributed by atoms with E-state index in [4.69, 9.17) is 9.47 Å². The van der Waals surface area contributed by atoms with Gasteiger partial charge < -0.3 is 14.8 Å². The van der Waals surface area contributed by atoms with Crippen LogP contribution in [0.4, 0.5) is 5.69 Å². The molecule has 0 amide bonds. The maximum Gasteiger partial charge on any atom is 0.337 e. The van der Waals surface area contributed by atoms with Crippen molar-refractivity contribution in [1.82, 2.24) is 5.32 Å². The standard InChI is InChI=1S/C25H32N2O6/c1-14-10-19(13-25(4,5)12-14)33-24(29)21-16(3)26-15(2)20(23(28)32-6)22(21)17-8-7-9-18(11-17)27(30)31/h7-9,11,14,19,22,26H,10,12-13H2,1-6H3. The van der Waals surface area contributed by atoms with E-state index < -0.39 is 22.8 Å². The number of benzene rings is 1. The van der Waals surface area contributed by atoms with Crippen molar-refractivity contribution < 1.29 is 24.0 Å². The number of nitrogens with one attached hydrogen (secondary N) is 1. The van der Waals surface area contributed by atoms with Crippen LogP contribution in [0.25, 0.3) is 0 Å². The van der Waals surface area contributed by atoms with Crippen LogP contribution in [0.1, 0.15) is 65.4 Å². The fourth-order valence-electron chi connectivity index (χ4n) is 5.36. The molecule has 1 fully saturated rings. The Balaban J connectivity index is 2.04. The van der Waals surface area contributed by atoms with Gasteiger partial charge in [-0.15, -0.1) is 0 Å². The minimum atomic E-state index is -0.847. The molecule has 3 rings (SSSR count). The molecule has 0 aromatic heterocycles. The predicted octanol–water partition coefficient (Wildman–Crippen LogP) is 4.76. The van der Waals surface area contributed by atoms with Gasteiger partial charge in [0.25, 0.3) is 5.69 Å². The van der Waals surface area contributed by atoms with Gasteiger partial charge in [-0.05, 0) is 50.0 Å². The molecule has 33 heavy (non-hydrogen) atoms. The third-order valence-electron chi connectivity index (χ3n) is 6.42. The summed E-state index contributed by atoms with van der Waals surface area (Å²) in [7, 11) is 1.27. The number of nitro groups is 1. The van der Waals surface area contributed by atoms with Crippen molar-refractivity contribution in [3.05, 3.63) is 62.5 Å². The first-order valence-corrected chi connectivity index (χ1v) is 11.2. The molecule has 0 spiro atoms. The first kappa shape index (κ1) is 24.5. The second-order valence-electron chi connectivity index (χ2n) is 9.92. The normalized spacial score (nSPS) is 24.7. The molecule has 1 saturated carbocycles. The Kier molecular flexibility index (Phi) is 6.95. The molecule has 1 aromatic carbocycles. The maximum atomic E-state index is 13.5. The molecular formula is C25H32N2O6. The molecule has 3 atom stereocenters. The van der Waals surface area contributed by atoms with E-state index in [1.807, 2.05) is 0 Å². The Morgan fingerprint density at radius 2 is 1.76 bits per heavy atom. The van der Waals surface area contributed by atoms with E-state index in [0.29, 0.717) is 22.9 Å². The zero-order valence-corrected chi connectivity index (χ0v) is 20.1. The Labute approximate surface area is 194 Å². The average Bonchev–Trinajstić information content (AvgIpc) is 2.71. The lowest BCUT2D eigenvalue weighted by Crippen LogP contribution is -2.37. The molecule has 1 aliphatic carbocycles. The van der Waals surface area contributed by atoms with Crippen LogP contribution in [0.5, 0.6) is 0 Å². The summed E-state index contributed by atoms with van der Waals surface area (Å²) >= 11 is 0. The molecular weight excluding hydrogens is 424 g/mol. The van der Waals surface area contributed by atoms with Gasteiger partial charge in [0, 0.05) is 23.5 Å². The minimum Gasteiger partial charge on any atom is -0.466 e. The molecule has 1 aliphatic heterocycles. The zero-order chi connectivity index (χ0) is 24.5. The lowest BCUT2D eigenvalue weighted by atomic mass is 9.71. The van der Waals surface area contributed by atoms with Crippen molar-refractivity contribution in [2.75, 3.05) is 7.11 Å².